The van der Waals surface area contributed by atoms with Gasteiger partial charge in [-0.1, -0.05) is 28.1 Å². The minimum atomic E-state index is -0.691. The van der Waals surface area contributed by atoms with Crippen LogP contribution in [0.25, 0.3) is 0 Å². The van der Waals surface area contributed by atoms with Crippen molar-refractivity contribution in [3.8, 4) is 11.5 Å². The van der Waals surface area contributed by atoms with Gasteiger partial charge in [-0.3, -0.25) is 14.9 Å². The van der Waals surface area contributed by atoms with Gasteiger partial charge in [-0.2, -0.15) is 5.10 Å². The molecule has 1 aromatic heterocycles. The first-order valence-electron chi connectivity index (χ1n) is 8.67. The van der Waals surface area contributed by atoms with Gasteiger partial charge >= 0.3 is 11.7 Å². The number of nitrogens with zero attached hydrogens (tertiary/aromatic N) is 2. The lowest BCUT2D eigenvalue weighted by Gasteiger charge is -2.07. The summed E-state index contributed by atoms with van der Waals surface area (Å²) in [5, 5.41) is 14.8. The Morgan fingerprint density at radius 2 is 1.97 bits per heavy atom. The van der Waals surface area contributed by atoms with E-state index in [1.165, 1.54) is 36.7 Å². The molecule has 0 unspecified atom stereocenters. The molecule has 0 fully saturated rings. The molecule has 0 atom stereocenters. The smallest absolute Gasteiger partial charge is 0.379 e. The number of hydrogen-bond acceptors (Lipinski definition) is 8. The van der Waals surface area contributed by atoms with Crippen molar-refractivity contribution in [2.45, 2.75) is 0 Å². The normalized spacial score (nSPS) is 10.6. The standard InChI is InChI=1S/C20H14BrN3O7/c21-14-7-8-16(31-20(26)18-6-3-9-29-18)13(10-14)11-22-23-19(25)12-30-17-5-2-1-4-15(17)24(27)28/h1-11H,12H2,(H,23,25). The highest BCUT2D eigenvalue weighted by atomic mass is 79.9. The summed E-state index contributed by atoms with van der Waals surface area (Å²) in [6, 6.07) is 13.6. The summed E-state index contributed by atoms with van der Waals surface area (Å²) in [7, 11) is 0. The van der Waals surface area contributed by atoms with Crippen molar-refractivity contribution in [1.82, 2.24) is 5.43 Å². The molecule has 0 spiro atoms. The molecule has 11 heteroatoms. The lowest BCUT2D eigenvalue weighted by molar-refractivity contribution is -0.385. The number of halogens is 1. The van der Waals surface area contributed by atoms with Gasteiger partial charge in [0.15, 0.2) is 12.4 Å². The fourth-order valence-corrected chi connectivity index (χ4v) is 2.72. The fraction of sp³-hybridized carbons (Fsp3) is 0.0500. The largest absolute Gasteiger partial charge is 0.477 e. The maximum atomic E-state index is 12.1. The Balaban J connectivity index is 1.61. The molecule has 1 heterocycles. The van der Waals surface area contributed by atoms with E-state index in [-0.39, 0.29) is 22.9 Å². The van der Waals surface area contributed by atoms with Gasteiger partial charge in [-0.25, -0.2) is 10.2 Å². The molecule has 0 aliphatic rings. The van der Waals surface area contributed by atoms with Crippen LogP contribution in [-0.4, -0.2) is 29.6 Å². The molecule has 1 N–H and O–H groups in total. The number of ether oxygens (including phenoxy) is 2. The van der Waals surface area contributed by atoms with Crippen LogP contribution in [0.15, 0.2) is 74.9 Å². The molecule has 0 aliphatic heterocycles. The molecule has 2 aromatic carbocycles. The summed E-state index contributed by atoms with van der Waals surface area (Å²) >= 11 is 3.31. The van der Waals surface area contributed by atoms with Crippen LogP contribution in [0.5, 0.6) is 11.5 Å². The number of nitro groups is 1. The lowest BCUT2D eigenvalue weighted by Crippen LogP contribution is -2.24. The fourth-order valence-electron chi connectivity index (χ4n) is 2.34. The van der Waals surface area contributed by atoms with Gasteiger partial charge in [0.2, 0.25) is 5.76 Å². The number of hydrogen-bond donors (Lipinski definition) is 1. The summed E-state index contributed by atoms with van der Waals surface area (Å²) in [6.45, 7) is -0.485. The molecule has 10 nitrogen and oxygen atoms in total. The summed E-state index contributed by atoms with van der Waals surface area (Å²) in [5.41, 5.74) is 2.38. The first kappa shape index (κ1) is 21.7. The van der Waals surface area contributed by atoms with Crippen molar-refractivity contribution in [3.05, 3.63) is 86.8 Å². The first-order valence-corrected chi connectivity index (χ1v) is 9.46. The third-order valence-corrected chi connectivity index (χ3v) is 4.20. The summed E-state index contributed by atoms with van der Waals surface area (Å²) in [5.74, 6) is -1.14. The average Bonchev–Trinajstić information content (AvgIpc) is 3.29. The molecule has 0 aliphatic carbocycles. The molecular weight excluding hydrogens is 474 g/mol. The zero-order valence-electron chi connectivity index (χ0n) is 15.7. The van der Waals surface area contributed by atoms with Crippen LogP contribution in [0.1, 0.15) is 16.1 Å². The van der Waals surface area contributed by atoms with Crippen molar-refractivity contribution in [2.75, 3.05) is 6.61 Å². The Bertz CT molecular complexity index is 1130. The number of para-hydroxylation sites is 2. The second kappa shape index (κ2) is 10.2. The van der Waals surface area contributed by atoms with Crippen LogP contribution in [0.3, 0.4) is 0 Å². The highest BCUT2D eigenvalue weighted by Gasteiger charge is 2.15. The van der Waals surface area contributed by atoms with Crippen molar-refractivity contribution in [1.29, 1.82) is 0 Å². The zero-order valence-corrected chi connectivity index (χ0v) is 17.3. The highest BCUT2D eigenvalue weighted by Crippen LogP contribution is 2.25. The van der Waals surface area contributed by atoms with E-state index in [1.54, 1.807) is 30.3 Å². The summed E-state index contributed by atoms with van der Waals surface area (Å²) in [4.78, 5) is 34.4. The highest BCUT2D eigenvalue weighted by molar-refractivity contribution is 9.10. The number of carbonyl (C=O) groups excluding carboxylic acids is 2. The molecular formula is C20H14BrN3O7. The maximum absolute atomic E-state index is 12.1. The number of furan rings is 1. The number of rotatable bonds is 8. The van der Waals surface area contributed by atoms with E-state index >= 15 is 0 Å². The predicted octanol–water partition coefficient (Wildman–Crippen LogP) is 3.70. The predicted molar refractivity (Wildman–Crippen MR) is 112 cm³/mol. The van der Waals surface area contributed by atoms with Crippen molar-refractivity contribution < 1.29 is 28.4 Å². The van der Waals surface area contributed by atoms with Gasteiger partial charge in [-0.05, 0) is 36.4 Å². The number of amides is 1. The third-order valence-electron chi connectivity index (χ3n) is 3.71. The molecule has 31 heavy (non-hydrogen) atoms. The van der Waals surface area contributed by atoms with E-state index in [9.17, 15) is 19.7 Å². The van der Waals surface area contributed by atoms with E-state index in [0.29, 0.717) is 10.0 Å². The van der Waals surface area contributed by atoms with Crippen LogP contribution in [0, 0.1) is 10.1 Å². The monoisotopic (exact) mass is 487 g/mol. The van der Waals surface area contributed by atoms with Crippen molar-refractivity contribution in [3.63, 3.8) is 0 Å². The van der Waals surface area contributed by atoms with Crippen LogP contribution in [0.4, 0.5) is 5.69 Å². The SMILES string of the molecule is O=C(COc1ccccc1[N+](=O)[O-])NN=Cc1cc(Br)ccc1OC(=O)c1ccco1. The third kappa shape index (κ3) is 6.00. The quantitative estimate of drug-likeness (QED) is 0.168. The van der Waals surface area contributed by atoms with Crippen LogP contribution in [-0.2, 0) is 4.79 Å². The average molecular weight is 488 g/mol. The molecule has 1 amide bonds. The summed E-state index contributed by atoms with van der Waals surface area (Å²) < 4.78 is 16.2. The van der Waals surface area contributed by atoms with E-state index < -0.39 is 23.4 Å². The van der Waals surface area contributed by atoms with Crippen LogP contribution >= 0.6 is 15.9 Å². The molecule has 0 bridgehead atoms. The Morgan fingerprint density at radius 3 is 2.71 bits per heavy atom. The molecule has 0 radical (unpaired) electrons. The topological polar surface area (TPSA) is 133 Å². The van der Waals surface area contributed by atoms with Crippen molar-refractivity contribution >= 4 is 39.7 Å². The van der Waals surface area contributed by atoms with Gasteiger partial charge in [0, 0.05) is 16.1 Å². The second-order valence-electron chi connectivity index (χ2n) is 5.86. The van der Waals surface area contributed by atoms with Gasteiger partial charge < -0.3 is 13.9 Å². The molecule has 0 saturated heterocycles. The Morgan fingerprint density at radius 1 is 1.16 bits per heavy atom. The minimum Gasteiger partial charge on any atom is -0.477 e. The van der Waals surface area contributed by atoms with Gasteiger partial charge in [0.05, 0.1) is 17.4 Å². The number of hydrazone groups is 1. The summed E-state index contributed by atoms with van der Waals surface area (Å²) in [6.07, 6.45) is 2.63. The Labute approximate surface area is 183 Å². The molecule has 3 aromatic rings. The number of esters is 1. The number of nitro benzene ring substituents is 1. The van der Waals surface area contributed by atoms with Crippen LogP contribution < -0.4 is 14.9 Å². The van der Waals surface area contributed by atoms with E-state index in [0.717, 1.165) is 0 Å². The maximum Gasteiger partial charge on any atom is 0.379 e. The van der Waals surface area contributed by atoms with E-state index in [1.807, 2.05) is 0 Å². The van der Waals surface area contributed by atoms with E-state index in [4.69, 9.17) is 13.9 Å². The van der Waals surface area contributed by atoms with Crippen molar-refractivity contribution in [2.24, 2.45) is 5.10 Å². The molecule has 0 saturated carbocycles. The first-order chi connectivity index (χ1) is 14.9. The van der Waals surface area contributed by atoms with Gasteiger partial charge in [-0.15, -0.1) is 0 Å². The van der Waals surface area contributed by atoms with Gasteiger partial charge in [0.1, 0.15) is 5.75 Å². The lowest BCUT2D eigenvalue weighted by atomic mass is 10.2. The number of benzene rings is 2. The Hall–Kier alpha value is -3.99. The Kier molecular flexibility index (Phi) is 7.12. The minimum absolute atomic E-state index is 0.0336. The molecule has 3 rings (SSSR count). The van der Waals surface area contributed by atoms with E-state index in [2.05, 4.69) is 26.5 Å². The van der Waals surface area contributed by atoms with Gasteiger partial charge in [0.25, 0.3) is 5.91 Å². The second-order valence-corrected chi connectivity index (χ2v) is 6.77. The number of carbonyl (C=O) groups is 2. The number of nitrogens with one attached hydrogen (secondary N) is 1. The molecule has 158 valence electrons. The zero-order chi connectivity index (χ0) is 22.2. The van der Waals surface area contributed by atoms with Crippen LogP contribution in [0.2, 0.25) is 0 Å².